The van der Waals surface area contributed by atoms with E-state index in [1.807, 2.05) is 24.3 Å². The first-order valence-electron chi connectivity index (χ1n) is 9.95. The van der Waals surface area contributed by atoms with Crippen LogP contribution in [0.1, 0.15) is 42.1 Å². The molecule has 0 bridgehead atoms. The number of hydrogen-bond acceptors (Lipinski definition) is 4. The molecule has 0 radical (unpaired) electrons. The first kappa shape index (κ1) is 19.6. The molecule has 29 heavy (non-hydrogen) atoms. The fraction of sp³-hybridized carbons (Fsp3) is 0.391. The summed E-state index contributed by atoms with van der Waals surface area (Å²) in [6.45, 7) is 5.21. The number of anilines is 2. The standard InChI is InChI=1S/C23H24ClN3O2/c1-16-13-23(15-27(16)20-7-4-18(14-25)21(24)12-20)8-10-26(11-9-23)19-5-2-17(3-6-19)22(28)29/h2-7,12,16H,8-11,13,15H2,1H3,(H,28,29). The lowest BCUT2D eigenvalue weighted by Crippen LogP contribution is -2.41. The number of rotatable bonds is 3. The molecule has 2 fully saturated rings. The number of hydrogen-bond donors (Lipinski definition) is 1. The van der Waals surface area contributed by atoms with Crippen LogP contribution in [0.4, 0.5) is 11.4 Å². The van der Waals surface area contributed by atoms with Gasteiger partial charge < -0.3 is 14.9 Å². The molecule has 2 aromatic rings. The third-order valence-electron chi connectivity index (χ3n) is 6.47. The third kappa shape index (κ3) is 3.77. The van der Waals surface area contributed by atoms with E-state index in [9.17, 15) is 4.79 Å². The molecule has 1 atom stereocenters. The topological polar surface area (TPSA) is 67.6 Å². The van der Waals surface area contributed by atoms with Gasteiger partial charge in [-0.05, 0) is 74.1 Å². The normalized spacial score (nSPS) is 20.7. The molecule has 2 aliphatic heterocycles. The molecule has 0 aromatic heterocycles. The van der Waals surface area contributed by atoms with Crippen LogP contribution in [-0.4, -0.2) is 36.8 Å². The Hall–Kier alpha value is -2.71. The molecule has 5 nitrogen and oxygen atoms in total. The number of benzene rings is 2. The second kappa shape index (κ2) is 7.61. The van der Waals surface area contributed by atoms with E-state index in [1.54, 1.807) is 18.2 Å². The summed E-state index contributed by atoms with van der Waals surface area (Å²) in [5.41, 5.74) is 3.30. The molecule has 1 unspecified atom stereocenters. The molecule has 1 spiro atoms. The van der Waals surface area contributed by atoms with E-state index in [0.717, 1.165) is 50.3 Å². The largest absolute Gasteiger partial charge is 0.478 e. The van der Waals surface area contributed by atoms with Crippen LogP contribution in [0.3, 0.4) is 0 Å². The van der Waals surface area contributed by atoms with Crippen LogP contribution in [0.25, 0.3) is 0 Å². The van der Waals surface area contributed by atoms with Crippen molar-refractivity contribution in [2.45, 2.75) is 32.2 Å². The number of piperidine rings is 1. The minimum absolute atomic E-state index is 0.289. The van der Waals surface area contributed by atoms with Crippen LogP contribution >= 0.6 is 11.6 Å². The van der Waals surface area contributed by atoms with Crippen molar-refractivity contribution in [2.75, 3.05) is 29.4 Å². The van der Waals surface area contributed by atoms with Gasteiger partial charge in [0.25, 0.3) is 0 Å². The molecule has 0 amide bonds. The third-order valence-corrected chi connectivity index (χ3v) is 6.79. The molecule has 2 aromatic carbocycles. The van der Waals surface area contributed by atoms with Gasteiger partial charge in [0.2, 0.25) is 0 Å². The Morgan fingerprint density at radius 3 is 2.41 bits per heavy atom. The number of nitriles is 1. The van der Waals surface area contributed by atoms with E-state index >= 15 is 0 Å². The summed E-state index contributed by atoms with van der Waals surface area (Å²) >= 11 is 6.26. The Labute approximate surface area is 176 Å². The molecule has 150 valence electrons. The lowest BCUT2D eigenvalue weighted by Gasteiger charge is -2.40. The van der Waals surface area contributed by atoms with Crippen molar-refractivity contribution < 1.29 is 9.90 Å². The van der Waals surface area contributed by atoms with Gasteiger partial charge in [0, 0.05) is 37.1 Å². The molecule has 2 heterocycles. The molecule has 0 saturated carbocycles. The van der Waals surface area contributed by atoms with E-state index in [4.69, 9.17) is 22.0 Å². The van der Waals surface area contributed by atoms with E-state index in [0.29, 0.717) is 22.2 Å². The van der Waals surface area contributed by atoms with Crippen molar-refractivity contribution >= 4 is 28.9 Å². The Kier molecular flexibility index (Phi) is 5.14. The summed E-state index contributed by atoms with van der Waals surface area (Å²) < 4.78 is 0. The first-order valence-corrected chi connectivity index (χ1v) is 10.3. The molecular formula is C23H24ClN3O2. The van der Waals surface area contributed by atoms with Crippen molar-refractivity contribution in [3.63, 3.8) is 0 Å². The molecule has 6 heteroatoms. The van der Waals surface area contributed by atoms with Crippen molar-refractivity contribution in [3.05, 3.63) is 58.6 Å². The highest BCUT2D eigenvalue weighted by Gasteiger charge is 2.44. The first-order chi connectivity index (χ1) is 13.9. The minimum atomic E-state index is -0.892. The van der Waals surface area contributed by atoms with E-state index in [-0.39, 0.29) is 5.41 Å². The number of halogens is 1. The van der Waals surface area contributed by atoms with E-state index < -0.39 is 5.97 Å². The zero-order chi connectivity index (χ0) is 20.6. The summed E-state index contributed by atoms with van der Waals surface area (Å²) in [6, 6.07) is 15.4. The molecular weight excluding hydrogens is 386 g/mol. The highest BCUT2D eigenvalue weighted by Crippen LogP contribution is 2.45. The maximum atomic E-state index is 11.1. The lowest BCUT2D eigenvalue weighted by molar-refractivity contribution is 0.0697. The Morgan fingerprint density at radius 1 is 1.17 bits per heavy atom. The second-order valence-electron chi connectivity index (χ2n) is 8.30. The van der Waals surface area contributed by atoms with Gasteiger partial charge in [0.1, 0.15) is 6.07 Å². The summed E-state index contributed by atoms with van der Waals surface area (Å²) in [4.78, 5) is 15.8. The maximum absolute atomic E-state index is 11.1. The molecule has 0 aliphatic carbocycles. The Bertz CT molecular complexity index is 959. The summed E-state index contributed by atoms with van der Waals surface area (Å²) in [5.74, 6) is -0.892. The highest BCUT2D eigenvalue weighted by molar-refractivity contribution is 6.32. The predicted molar refractivity (Wildman–Crippen MR) is 115 cm³/mol. The van der Waals surface area contributed by atoms with Crippen molar-refractivity contribution in [2.24, 2.45) is 5.41 Å². The molecule has 2 aliphatic rings. The van der Waals surface area contributed by atoms with Gasteiger partial charge >= 0.3 is 5.97 Å². The Balaban J connectivity index is 1.44. The number of carbonyl (C=O) groups is 1. The average Bonchev–Trinajstić information content (AvgIpc) is 3.04. The molecule has 4 rings (SSSR count). The fourth-order valence-electron chi connectivity index (χ4n) is 4.85. The minimum Gasteiger partial charge on any atom is -0.478 e. The number of carboxylic acids is 1. The van der Waals surface area contributed by atoms with Crippen LogP contribution < -0.4 is 9.80 Å². The summed E-state index contributed by atoms with van der Waals surface area (Å²) in [5, 5.41) is 18.7. The monoisotopic (exact) mass is 409 g/mol. The number of nitrogens with zero attached hydrogens (tertiary/aromatic N) is 3. The van der Waals surface area contributed by atoms with Gasteiger partial charge in [0.05, 0.1) is 16.1 Å². The van der Waals surface area contributed by atoms with Crippen LogP contribution in [0.2, 0.25) is 5.02 Å². The lowest BCUT2D eigenvalue weighted by atomic mass is 9.76. The number of carboxylic acid groups (broad SMARTS) is 1. The summed E-state index contributed by atoms with van der Waals surface area (Å²) in [6.07, 6.45) is 3.37. The van der Waals surface area contributed by atoms with E-state index in [2.05, 4.69) is 22.8 Å². The zero-order valence-electron chi connectivity index (χ0n) is 16.4. The van der Waals surface area contributed by atoms with Gasteiger partial charge in [-0.3, -0.25) is 0 Å². The van der Waals surface area contributed by atoms with Crippen molar-refractivity contribution in [1.29, 1.82) is 5.26 Å². The van der Waals surface area contributed by atoms with Crippen LogP contribution in [0.15, 0.2) is 42.5 Å². The van der Waals surface area contributed by atoms with Crippen LogP contribution in [0.5, 0.6) is 0 Å². The van der Waals surface area contributed by atoms with Crippen LogP contribution in [0, 0.1) is 16.7 Å². The quantitative estimate of drug-likeness (QED) is 0.788. The molecule has 1 N–H and O–H groups in total. The van der Waals surface area contributed by atoms with Crippen molar-refractivity contribution in [3.8, 4) is 6.07 Å². The maximum Gasteiger partial charge on any atom is 0.335 e. The van der Waals surface area contributed by atoms with Crippen LogP contribution in [-0.2, 0) is 0 Å². The van der Waals surface area contributed by atoms with Gasteiger partial charge in [0.15, 0.2) is 0 Å². The summed E-state index contributed by atoms with van der Waals surface area (Å²) in [7, 11) is 0. The average molecular weight is 410 g/mol. The fourth-order valence-corrected chi connectivity index (χ4v) is 5.07. The van der Waals surface area contributed by atoms with Gasteiger partial charge in [-0.1, -0.05) is 11.6 Å². The second-order valence-corrected chi connectivity index (χ2v) is 8.70. The van der Waals surface area contributed by atoms with Crippen molar-refractivity contribution in [1.82, 2.24) is 0 Å². The highest BCUT2D eigenvalue weighted by atomic mass is 35.5. The Morgan fingerprint density at radius 2 is 1.83 bits per heavy atom. The SMILES string of the molecule is CC1CC2(CCN(c3ccc(C(=O)O)cc3)CC2)CN1c1ccc(C#N)c(Cl)c1. The predicted octanol–water partition coefficient (Wildman–Crippen LogP) is 4.80. The number of aromatic carboxylic acids is 1. The molecule has 2 saturated heterocycles. The smallest absolute Gasteiger partial charge is 0.335 e. The zero-order valence-corrected chi connectivity index (χ0v) is 17.2. The van der Waals surface area contributed by atoms with E-state index in [1.165, 1.54) is 0 Å². The van der Waals surface area contributed by atoms with Gasteiger partial charge in [-0.2, -0.15) is 5.26 Å². The van der Waals surface area contributed by atoms with Gasteiger partial charge in [-0.25, -0.2) is 4.79 Å². The van der Waals surface area contributed by atoms with Gasteiger partial charge in [-0.15, -0.1) is 0 Å².